The summed E-state index contributed by atoms with van der Waals surface area (Å²) in [5.41, 5.74) is 7.44. The maximum absolute atomic E-state index is 13.6. The molecule has 3 aliphatic heterocycles. The molecular weight excluding hydrogens is 784 g/mol. The lowest BCUT2D eigenvalue weighted by Gasteiger charge is -2.44. The first kappa shape index (κ1) is 46.5. The summed E-state index contributed by atoms with van der Waals surface area (Å²) < 4.78 is 5.62. The van der Waals surface area contributed by atoms with Gasteiger partial charge in [-0.25, -0.2) is 4.99 Å². The summed E-state index contributed by atoms with van der Waals surface area (Å²) in [6, 6.07) is 13.0. The molecule has 3 heterocycles. The molecule has 2 aromatic carbocycles. The summed E-state index contributed by atoms with van der Waals surface area (Å²) in [6.07, 6.45) is 12.8. The molecule has 0 radical (unpaired) electrons. The number of ketones is 1. The molecule has 11 nitrogen and oxygen atoms in total. The average Bonchev–Trinajstić information content (AvgIpc) is 3.51. The molecule has 0 spiro atoms. The minimum Gasteiger partial charge on any atom is -0.486 e. The highest BCUT2D eigenvalue weighted by atomic mass is 35.5. The minimum absolute atomic E-state index is 0.0197. The summed E-state index contributed by atoms with van der Waals surface area (Å²) in [6.45, 7) is 27.7. The van der Waals surface area contributed by atoms with Crippen LogP contribution < -0.4 is 20.4 Å². The third-order valence-electron chi connectivity index (χ3n) is 12.0. The van der Waals surface area contributed by atoms with Crippen molar-refractivity contribution >= 4 is 58.0 Å². The summed E-state index contributed by atoms with van der Waals surface area (Å²) in [7, 11) is 8.06. The van der Waals surface area contributed by atoms with Crippen LogP contribution in [0.1, 0.15) is 73.9 Å². The van der Waals surface area contributed by atoms with E-state index in [1.807, 2.05) is 69.4 Å². The molecule has 5 rings (SSSR count). The number of carbonyl (C=O) groups excluding carboxylic acids is 2. The number of amidine groups is 1. The van der Waals surface area contributed by atoms with E-state index in [-0.39, 0.29) is 24.3 Å². The molecule has 3 aliphatic rings. The predicted octanol–water partition coefficient (Wildman–Crippen LogP) is 8.87. The van der Waals surface area contributed by atoms with Crippen LogP contribution in [-0.2, 0) is 9.53 Å². The average molecular weight is 850 g/mol. The third kappa shape index (κ3) is 11.4. The van der Waals surface area contributed by atoms with Crippen molar-refractivity contribution in [2.24, 2.45) is 4.99 Å². The van der Waals surface area contributed by atoms with E-state index in [9.17, 15) is 9.59 Å². The first-order valence-electron chi connectivity index (χ1n) is 21.2. The maximum atomic E-state index is 13.6. The molecule has 326 valence electrons. The van der Waals surface area contributed by atoms with Gasteiger partial charge in [0.05, 0.1) is 16.8 Å². The maximum Gasteiger partial charge on any atom is 0.259 e. The van der Waals surface area contributed by atoms with Crippen molar-refractivity contribution in [2.75, 3.05) is 76.1 Å². The number of nitrogens with zero attached hydrogens (tertiary/aromatic N) is 6. The van der Waals surface area contributed by atoms with Gasteiger partial charge in [0.25, 0.3) is 5.91 Å². The topological polar surface area (TPSA) is 96.0 Å². The Morgan fingerprint density at radius 1 is 1.00 bits per heavy atom. The van der Waals surface area contributed by atoms with E-state index in [1.165, 1.54) is 6.92 Å². The number of ether oxygens (including phenoxy) is 1. The molecule has 2 N–H and O–H groups in total. The summed E-state index contributed by atoms with van der Waals surface area (Å²) >= 11 is 6.70. The van der Waals surface area contributed by atoms with Gasteiger partial charge in [0.2, 0.25) is 0 Å². The molecule has 1 amide bonds. The van der Waals surface area contributed by atoms with E-state index in [4.69, 9.17) is 21.3 Å². The highest BCUT2D eigenvalue weighted by Gasteiger charge is 2.37. The summed E-state index contributed by atoms with van der Waals surface area (Å²) in [4.78, 5) is 41.0. The van der Waals surface area contributed by atoms with Crippen molar-refractivity contribution in [1.29, 1.82) is 0 Å². The van der Waals surface area contributed by atoms with E-state index >= 15 is 0 Å². The van der Waals surface area contributed by atoms with Crippen LogP contribution in [0.15, 0.2) is 115 Å². The fraction of sp³-hybridized carbons (Fsp3) is 0.408. The van der Waals surface area contributed by atoms with Crippen LogP contribution in [0.25, 0.3) is 11.8 Å². The molecule has 1 atom stereocenters. The second kappa shape index (κ2) is 21.3. The van der Waals surface area contributed by atoms with Crippen LogP contribution in [-0.4, -0.2) is 111 Å². The Bertz CT molecular complexity index is 2090. The van der Waals surface area contributed by atoms with Crippen LogP contribution in [0.4, 0.5) is 17.1 Å². The van der Waals surface area contributed by atoms with Crippen LogP contribution in [0.2, 0.25) is 0 Å². The number of benzene rings is 2. The quantitative estimate of drug-likeness (QED) is 0.0473. The zero-order valence-corrected chi connectivity index (χ0v) is 37.9. The zero-order chi connectivity index (χ0) is 44.4. The van der Waals surface area contributed by atoms with Gasteiger partial charge in [-0.05, 0) is 108 Å². The standard InChI is InChI=1S/C49H65ClN8O3/c1-12-14-15-47(35(5)51-8)58-36(6)45-30-42(17-18-44(45)49(58)60)57-26-22-41(23-27-57)55(11)40-20-24-56(25-21-40)37(7)52-31-46(50)34(4)53-39-16-19-48(54(9)10)38(28-39)29-43(13-2)61-32-33(3)59/h12-13,16-19,28-31,40-41,47,51,53H,1-2,4-6,14-15,20-27,32H2,3,7-11H3/b43-29+,46-31+,52-37?. The normalized spacial score (nSPS) is 17.3. The molecule has 12 heteroatoms. The number of anilines is 3. The van der Waals surface area contributed by atoms with Crippen molar-refractivity contribution in [3.05, 3.63) is 127 Å². The first-order valence-corrected chi connectivity index (χ1v) is 21.5. The van der Waals surface area contributed by atoms with Gasteiger partial charge in [0, 0.05) is 111 Å². The van der Waals surface area contributed by atoms with E-state index in [1.54, 1.807) is 17.2 Å². The minimum atomic E-state index is -0.187. The van der Waals surface area contributed by atoms with Crippen molar-refractivity contribution in [1.82, 2.24) is 20.0 Å². The van der Waals surface area contributed by atoms with Gasteiger partial charge in [-0.3, -0.25) is 14.5 Å². The molecule has 0 saturated carbocycles. The first-order chi connectivity index (χ1) is 29.2. The molecule has 1 unspecified atom stereocenters. The van der Waals surface area contributed by atoms with Crippen molar-refractivity contribution in [2.45, 2.75) is 70.5 Å². The molecule has 0 bridgehead atoms. The Morgan fingerprint density at radius 2 is 1.67 bits per heavy atom. The number of hydrogen-bond acceptors (Lipinski definition) is 9. The van der Waals surface area contributed by atoms with Crippen LogP contribution in [0.5, 0.6) is 0 Å². The number of hydrogen-bond donors (Lipinski definition) is 2. The van der Waals surface area contributed by atoms with Gasteiger partial charge >= 0.3 is 0 Å². The number of aliphatic imine (C=N–C) groups is 1. The fourth-order valence-electron chi connectivity index (χ4n) is 8.39. The predicted molar refractivity (Wildman–Crippen MR) is 256 cm³/mol. The van der Waals surface area contributed by atoms with Crippen LogP contribution in [0, 0.1) is 0 Å². The lowest BCUT2D eigenvalue weighted by Crippen LogP contribution is -2.51. The Hall–Kier alpha value is -5.52. The van der Waals surface area contributed by atoms with E-state index in [0.717, 1.165) is 110 Å². The second-order valence-electron chi connectivity index (χ2n) is 16.3. The molecule has 2 fully saturated rings. The Balaban J connectivity index is 1.12. The number of likely N-dealkylation sites (tertiary alicyclic amines) is 1. The third-order valence-corrected chi connectivity index (χ3v) is 12.4. The second-order valence-corrected chi connectivity index (χ2v) is 16.7. The van der Waals surface area contributed by atoms with Crippen LogP contribution >= 0.6 is 11.6 Å². The largest absolute Gasteiger partial charge is 0.486 e. The van der Waals surface area contributed by atoms with Gasteiger partial charge < -0.3 is 35.0 Å². The number of likely N-dealkylation sites (N-methyl/N-ethyl adjacent to an activating group) is 1. The Labute approximate surface area is 369 Å². The smallest absolute Gasteiger partial charge is 0.259 e. The highest BCUT2D eigenvalue weighted by Crippen LogP contribution is 2.38. The van der Waals surface area contributed by atoms with Crippen molar-refractivity contribution in [3.8, 4) is 0 Å². The number of amides is 1. The fourth-order valence-corrected chi connectivity index (χ4v) is 8.49. The molecule has 61 heavy (non-hydrogen) atoms. The molecule has 2 aromatic rings. The number of nitrogens with one attached hydrogen (secondary N) is 2. The molecule has 2 saturated heterocycles. The Morgan fingerprint density at radius 3 is 2.28 bits per heavy atom. The number of carbonyl (C=O) groups is 2. The number of piperidine rings is 2. The number of rotatable bonds is 19. The Kier molecular flexibility index (Phi) is 16.3. The highest BCUT2D eigenvalue weighted by molar-refractivity contribution is 6.32. The number of allylic oxidation sites excluding steroid dienone is 3. The zero-order valence-electron chi connectivity index (χ0n) is 37.1. The monoisotopic (exact) mass is 848 g/mol. The van der Waals surface area contributed by atoms with E-state index in [0.29, 0.717) is 34.1 Å². The SMILES string of the molecule is C=CCCC(C(=C)NC)N1C(=C)c2cc(N3CCC(N(C)C4CCN(C(C)=N/C=C(/Cl)C(=C)Nc5ccc(N(C)C)c(/C=C(\C=C)OCC(C)=O)c5)CC4)CC3)ccc2C1=O. The van der Waals surface area contributed by atoms with Gasteiger partial charge in [0.1, 0.15) is 18.2 Å². The van der Waals surface area contributed by atoms with E-state index < -0.39 is 0 Å². The van der Waals surface area contributed by atoms with Gasteiger partial charge in [0.15, 0.2) is 5.78 Å². The summed E-state index contributed by atoms with van der Waals surface area (Å²) in [5.74, 6) is 1.34. The number of halogens is 1. The van der Waals surface area contributed by atoms with Gasteiger partial charge in [-0.1, -0.05) is 44.0 Å². The van der Waals surface area contributed by atoms with Gasteiger partial charge in [-0.2, -0.15) is 0 Å². The summed E-state index contributed by atoms with van der Waals surface area (Å²) in [5, 5.41) is 6.87. The van der Waals surface area contributed by atoms with Crippen molar-refractivity contribution < 1.29 is 14.3 Å². The van der Waals surface area contributed by atoms with Crippen molar-refractivity contribution in [3.63, 3.8) is 0 Å². The lowest BCUT2D eigenvalue weighted by molar-refractivity contribution is -0.120. The number of Topliss-reactive ketones (excluding diaryl/α,β-unsaturated/α-hetero) is 1. The lowest BCUT2D eigenvalue weighted by atomic mass is 9.96. The van der Waals surface area contributed by atoms with Crippen LogP contribution in [0.3, 0.4) is 0 Å². The molecular formula is C49H65ClN8O3. The number of fused-ring (bicyclic) bond motifs is 1. The van der Waals surface area contributed by atoms with Gasteiger partial charge in [-0.15, -0.1) is 6.58 Å². The molecule has 0 aromatic heterocycles. The molecule has 0 aliphatic carbocycles. The van der Waals surface area contributed by atoms with E-state index in [2.05, 4.69) is 77.4 Å².